The summed E-state index contributed by atoms with van der Waals surface area (Å²) in [6.45, 7) is 0.249. The largest absolute Gasteiger partial charge is 0.465 e. The first kappa shape index (κ1) is 17.9. The summed E-state index contributed by atoms with van der Waals surface area (Å²) < 4.78 is 7.27. The summed E-state index contributed by atoms with van der Waals surface area (Å²) in [6, 6.07) is 11.7. The molecule has 0 fully saturated rings. The number of halogens is 1. The molecule has 0 radical (unpaired) electrons. The monoisotopic (exact) mass is 384 g/mol. The fourth-order valence-electron chi connectivity index (χ4n) is 2.42. The highest BCUT2D eigenvalue weighted by atomic mass is 35.5. The summed E-state index contributed by atoms with van der Waals surface area (Å²) in [4.78, 5) is 28.8. The molecule has 3 rings (SSSR count). The van der Waals surface area contributed by atoms with E-state index in [1.165, 1.54) is 18.4 Å². The number of hydrogen-bond acceptors (Lipinski definition) is 4. The minimum absolute atomic E-state index is 0.249. The number of carbonyl (C=O) groups excluding carboxylic acids is 2. The number of terminal acetylenes is 1. The third kappa shape index (κ3) is 3.54. The first-order valence-corrected chi connectivity index (χ1v) is 8.72. The molecule has 2 aromatic carbocycles. The number of esters is 1. The second-order valence-corrected chi connectivity index (χ2v) is 6.72. The number of fused-ring (bicyclic) bond motifs is 1. The van der Waals surface area contributed by atoms with E-state index in [2.05, 4.69) is 10.9 Å². The van der Waals surface area contributed by atoms with E-state index in [0.29, 0.717) is 21.0 Å². The molecule has 3 aromatic rings. The molecule has 1 aromatic heterocycles. The lowest BCUT2D eigenvalue weighted by molar-refractivity contribution is 0.0601. The fourth-order valence-corrected chi connectivity index (χ4v) is 3.68. The Hall–Kier alpha value is -2.88. The molecule has 0 aliphatic carbocycles. The Morgan fingerprint density at radius 1 is 1.27 bits per heavy atom. The Morgan fingerprint density at radius 2 is 2.08 bits per heavy atom. The summed E-state index contributed by atoms with van der Waals surface area (Å²) in [6.07, 6.45) is 5.46. The Bertz CT molecular complexity index is 1120. The zero-order valence-corrected chi connectivity index (χ0v) is 15.3. The summed E-state index contributed by atoms with van der Waals surface area (Å²) in [5, 5.41) is 0.460. The Morgan fingerprint density at radius 3 is 2.77 bits per heavy atom. The number of rotatable bonds is 3. The highest BCUT2D eigenvalue weighted by molar-refractivity contribution is 7.16. The molecule has 26 heavy (non-hydrogen) atoms. The van der Waals surface area contributed by atoms with Gasteiger partial charge in [-0.3, -0.25) is 4.79 Å². The molecule has 0 saturated heterocycles. The predicted octanol–water partition coefficient (Wildman–Crippen LogP) is 3.52. The minimum atomic E-state index is -0.433. The highest BCUT2D eigenvalue weighted by Gasteiger charge is 2.12. The number of thiazole rings is 1. The highest BCUT2D eigenvalue weighted by Crippen LogP contribution is 2.20. The smallest absolute Gasteiger partial charge is 0.337 e. The normalized spacial score (nSPS) is 11.3. The number of hydrogen-bond donors (Lipinski definition) is 0. The van der Waals surface area contributed by atoms with Crippen LogP contribution in [0.4, 0.5) is 0 Å². The van der Waals surface area contributed by atoms with Gasteiger partial charge >= 0.3 is 5.97 Å². The number of aromatic nitrogens is 1. The van der Waals surface area contributed by atoms with Crippen LogP contribution in [0, 0.1) is 12.3 Å². The van der Waals surface area contributed by atoms with Gasteiger partial charge in [0.15, 0.2) is 4.80 Å². The average molecular weight is 385 g/mol. The number of ether oxygens (including phenoxy) is 1. The van der Waals surface area contributed by atoms with E-state index in [9.17, 15) is 9.59 Å². The quantitative estimate of drug-likeness (QED) is 0.512. The molecule has 5 nitrogen and oxygen atoms in total. The van der Waals surface area contributed by atoms with Crippen molar-refractivity contribution in [2.45, 2.75) is 6.54 Å². The number of methoxy groups -OCH3 is 1. The lowest BCUT2D eigenvalue weighted by Gasteiger charge is -2.01. The van der Waals surface area contributed by atoms with Crippen molar-refractivity contribution in [2.24, 2.45) is 4.99 Å². The van der Waals surface area contributed by atoms with Crippen molar-refractivity contribution < 1.29 is 14.3 Å². The van der Waals surface area contributed by atoms with Gasteiger partial charge in [0.2, 0.25) is 0 Å². The standard InChI is InChI=1S/C19H13ClN2O3S/c1-3-9-22-15-8-7-13(18(24)25-2)11-16(15)26-19(22)21-17(23)12-5-4-6-14(20)10-12/h1,4-8,10-11H,9H2,2H3. The maximum atomic E-state index is 12.5. The van der Waals surface area contributed by atoms with E-state index in [1.54, 1.807) is 47.0 Å². The zero-order valence-electron chi connectivity index (χ0n) is 13.7. The molecule has 0 aliphatic heterocycles. The topological polar surface area (TPSA) is 60.7 Å². The summed E-state index contributed by atoms with van der Waals surface area (Å²) in [5.41, 5.74) is 1.59. The molecule has 130 valence electrons. The van der Waals surface area contributed by atoms with Gasteiger partial charge in [0.05, 0.1) is 29.4 Å². The molecule has 0 bridgehead atoms. The van der Waals surface area contributed by atoms with Gasteiger partial charge in [-0.2, -0.15) is 4.99 Å². The van der Waals surface area contributed by atoms with Crippen LogP contribution in [0.15, 0.2) is 47.5 Å². The molecule has 0 atom stereocenters. The van der Waals surface area contributed by atoms with Crippen LogP contribution >= 0.6 is 22.9 Å². The van der Waals surface area contributed by atoms with E-state index >= 15 is 0 Å². The number of carbonyl (C=O) groups is 2. The lowest BCUT2D eigenvalue weighted by atomic mass is 10.2. The molecule has 1 heterocycles. The van der Waals surface area contributed by atoms with Gasteiger partial charge in [-0.05, 0) is 36.4 Å². The molecule has 0 unspecified atom stereocenters. The van der Waals surface area contributed by atoms with Crippen molar-refractivity contribution in [2.75, 3.05) is 7.11 Å². The lowest BCUT2D eigenvalue weighted by Crippen LogP contribution is -2.16. The van der Waals surface area contributed by atoms with Crippen LogP contribution in [-0.4, -0.2) is 23.6 Å². The van der Waals surface area contributed by atoms with E-state index in [4.69, 9.17) is 22.8 Å². The van der Waals surface area contributed by atoms with Gasteiger partial charge in [0.1, 0.15) is 0 Å². The van der Waals surface area contributed by atoms with Crippen LogP contribution in [-0.2, 0) is 11.3 Å². The maximum Gasteiger partial charge on any atom is 0.337 e. The third-order valence-corrected chi connectivity index (χ3v) is 4.90. The maximum absolute atomic E-state index is 12.5. The van der Waals surface area contributed by atoms with Gasteiger partial charge in [-0.15, -0.1) is 6.42 Å². The molecule has 0 aliphatic rings. The Kier molecular flexibility index (Phi) is 5.21. The average Bonchev–Trinajstić information content (AvgIpc) is 2.97. The summed E-state index contributed by atoms with van der Waals surface area (Å²) >= 11 is 7.20. The van der Waals surface area contributed by atoms with Crippen LogP contribution in [0.2, 0.25) is 5.02 Å². The second-order valence-electron chi connectivity index (χ2n) is 5.28. The van der Waals surface area contributed by atoms with Crippen LogP contribution in [0.3, 0.4) is 0 Å². The van der Waals surface area contributed by atoms with Crippen LogP contribution in [0.1, 0.15) is 20.7 Å². The van der Waals surface area contributed by atoms with Crippen molar-refractivity contribution in [3.63, 3.8) is 0 Å². The number of benzene rings is 2. The van der Waals surface area contributed by atoms with Gasteiger partial charge in [-0.1, -0.05) is 34.9 Å². The Balaban J connectivity index is 2.15. The van der Waals surface area contributed by atoms with Gasteiger partial charge in [0, 0.05) is 10.6 Å². The van der Waals surface area contributed by atoms with E-state index in [-0.39, 0.29) is 6.54 Å². The zero-order chi connectivity index (χ0) is 18.7. The third-order valence-electron chi connectivity index (χ3n) is 3.62. The number of amides is 1. The summed E-state index contributed by atoms with van der Waals surface area (Å²) in [5.74, 6) is 1.71. The molecule has 0 spiro atoms. The van der Waals surface area contributed by atoms with Crippen LogP contribution < -0.4 is 4.80 Å². The van der Waals surface area contributed by atoms with Gasteiger partial charge in [0.25, 0.3) is 5.91 Å². The molecule has 0 N–H and O–H groups in total. The van der Waals surface area contributed by atoms with Crippen molar-refractivity contribution in [3.05, 3.63) is 63.4 Å². The molecule has 1 amide bonds. The first-order chi connectivity index (χ1) is 12.5. The van der Waals surface area contributed by atoms with Gasteiger partial charge in [-0.25, -0.2) is 4.79 Å². The molecule has 7 heteroatoms. The SMILES string of the molecule is C#CCn1c(=NC(=O)c2cccc(Cl)c2)sc2cc(C(=O)OC)ccc21. The Labute approximate surface area is 158 Å². The first-order valence-electron chi connectivity index (χ1n) is 7.53. The van der Waals surface area contributed by atoms with Crippen molar-refractivity contribution in [3.8, 4) is 12.3 Å². The molecule has 0 saturated carbocycles. The van der Waals surface area contributed by atoms with E-state index < -0.39 is 11.9 Å². The van der Waals surface area contributed by atoms with Gasteiger partial charge < -0.3 is 9.30 Å². The second kappa shape index (κ2) is 7.56. The van der Waals surface area contributed by atoms with Crippen LogP contribution in [0.25, 0.3) is 10.2 Å². The minimum Gasteiger partial charge on any atom is -0.465 e. The molecular weight excluding hydrogens is 372 g/mol. The van der Waals surface area contributed by atoms with E-state index in [1.807, 2.05) is 0 Å². The fraction of sp³-hybridized carbons (Fsp3) is 0.105. The van der Waals surface area contributed by atoms with Crippen molar-refractivity contribution in [1.29, 1.82) is 0 Å². The van der Waals surface area contributed by atoms with E-state index in [0.717, 1.165) is 10.2 Å². The summed E-state index contributed by atoms with van der Waals surface area (Å²) in [7, 11) is 1.32. The van der Waals surface area contributed by atoms with Crippen molar-refractivity contribution >= 4 is 45.0 Å². The number of nitrogens with zero attached hydrogens (tertiary/aromatic N) is 2. The van der Waals surface area contributed by atoms with Crippen LogP contribution in [0.5, 0.6) is 0 Å². The van der Waals surface area contributed by atoms with Crippen molar-refractivity contribution in [1.82, 2.24) is 4.57 Å². The molecular formula is C19H13ClN2O3S. The predicted molar refractivity (Wildman–Crippen MR) is 101 cm³/mol.